The molecular formula is C20H22ClNO2S. The molecule has 3 rings (SSSR count). The lowest BCUT2D eigenvalue weighted by molar-refractivity contribution is -0.124. The highest BCUT2D eigenvalue weighted by Gasteiger charge is 2.36. The monoisotopic (exact) mass is 375 g/mol. The maximum atomic E-state index is 12.8. The average Bonchev–Trinajstić information content (AvgIpc) is 2.90. The van der Waals surface area contributed by atoms with Crippen molar-refractivity contribution < 1.29 is 9.90 Å². The van der Waals surface area contributed by atoms with Crippen molar-refractivity contribution in [3.05, 3.63) is 70.2 Å². The van der Waals surface area contributed by atoms with Gasteiger partial charge < -0.3 is 10.4 Å². The van der Waals surface area contributed by atoms with Crippen molar-refractivity contribution in [2.75, 3.05) is 0 Å². The highest BCUT2D eigenvalue weighted by atomic mass is 35.5. The molecule has 5 heteroatoms. The summed E-state index contributed by atoms with van der Waals surface area (Å²) in [4.78, 5) is 12.8. The summed E-state index contributed by atoms with van der Waals surface area (Å²) in [7, 11) is 0. The van der Waals surface area contributed by atoms with Crippen LogP contribution in [0.1, 0.15) is 36.6 Å². The summed E-state index contributed by atoms with van der Waals surface area (Å²) >= 11 is 7.74. The van der Waals surface area contributed by atoms with E-state index in [4.69, 9.17) is 11.6 Å². The molecule has 2 N–H and O–H groups in total. The molecule has 1 aliphatic rings. The standard InChI is InChI=1S/C20H22ClNO2S/c1-20(2,25-12-14-8-4-6-10-16(14)21)19(24)22-18-15-9-5-3-7-13(15)11-17(18)23/h3-10,17-18,23H,11-12H2,1-2H3,(H,22,24)/t17-,18?/m0/s1. The van der Waals surface area contributed by atoms with Crippen molar-refractivity contribution in [2.24, 2.45) is 0 Å². The van der Waals surface area contributed by atoms with E-state index in [0.717, 1.165) is 16.7 Å². The lowest BCUT2D eigenvalue weighted by atomic mass is 10.1. The SMILES string of the molecule is CC(C)(SCc1ccccc1Cl)C(=O)NC1c2ccccc2C[C@@H]1O. The maximum absolute atomic E-state index is 12.8. The number of halogens is 1. The predicted octanol–water partition coefficient (Wildman–Crippen LogP) is 4.13. The Morgan fingerprint density at radius 3 is 2.68 bits per heavy atom. The average molecular weight is 376 g/mol. The molecule has 1 amide bonds. The minimum atomic E-state index is -0.629. The van der Waals surface area contributed by atoms with Crippen LogP contribution in [0.5, 0.6) is 0 Å². The number of fused-ring (bicyclic) bond motifs is 1. The van der Waals surface area contributed by atoms with Gasteiger partial charge in [0, 0.05) is 17.2 Å². The number of aliphatic hydroxyl groups excluding tert-OH is 1. The summed E-state index contributed by atoms with van der Waals surface area (Å²) in [5, 5.41) is 14.1. The molecule has 0 aromatic heterocycles. The molecule has 2 aromatic carbocycles. The third-order valence-electron chi connectivity index (χ3n) is 4.58. The first-order chi connectivity index (χ1) is 11.9. The van der Waals surface area contributed by atoms with Crippen molar-refractivity contribution in [2.45, 2.75) is 42.9 Å². The zero-order valence-electron chi connectivity index (χ0n) is 14.3. The van der Waals surface area contributed by atoms with Crippen LogP contribution in [-0.2, 0) is 17.0 Å². The normalized spacial score (nSPS) is 19.5. The molecule has 2 aromatic rings. The molecule has 0 radical (unpaired) electrons. The fourth-order valence-electron chi connectivity index (χ4n) is 3.00. The van der Waals surface area contributed by atoms with Crippen LogP contribution in [0.2, 0.25) is 5.02 Å². The molecule has 132 valence electrons. The van der Waals surface area contributed by atoms with Crippen LogP contribution < -0.4 is 5.32 Å². The van der Waals surface area contributed by atoms with E-state index >= 15 is 0 Å². The van der Waals surface area contributed by atoms with E-state index in [1.165, 1.54) is 0 Å². The maximum Gasteiger partial charge on any atom is 0.236 e. The fraction of sp³-hybridized carbons (Fsp3) is 0.350. The Morgan fingerprint density at radius 1 is 1.24 bits per heavy atom. The molecule has 0 saturated carbocycles. The number of rotatable bonds is 5. The molecule has 2 atom stereocenters. The van der Waals surface area contributed by atoms with Crippen molar-refractivity contribution in [1.82, 2.24) is 5.32 Å². The molecule has 1 aliphatic carbocycles. The number of carbonyl (C=O) groups excluding carboxylic acids is 1. The molecule has 25 heavy (non-hydrogen) atoms. The molecule has 3 nitrogen and oxygen atoms in total. The first-order valence-electron chi connectivity index (χ1n) is 8.32. The van der Waals surface area contributed by atoms with Gasteiger partial charge in [-0.1, -0.05) is 54.1 Å². The smallest absolute Gasteiger partial charge is 0.236 e. The first kappa shape index (κ1) is 18.3. The van der Waals surface area contributed by atoms with E-state index in [1.54, 1.807) is 11.8 Å². The molecular weight excluding hydrogens is 354 g/mol. The number of amides is 1. The Hall–Kier alpha value is -1.49. The van der Waals surface area contributed by atoms with Gasteiger partial charge in [-0.15, -0.1) is 11.8 Å². The van der Waals surface area contributed by atoms with E-state index in [2.05, 4.69) is 5.32 Å². The van der Waals surface area contributed by atoms with Crippen LogP contribution >= 0.6 is 23.4 Å². The third-order valence-corrected chi connectivity index (χ3v) is 6.31. The Kier molecular flexibility index (Phi) is 5.42. The van der Waals surface area contributed by atoms with Crippen LogP contribution in [0.25, 0.3) is 0 Å². The second-order valence-corrected chi connectivity index (χ2v) is 8.82. The summed E-state index contributed by atoms with van der Waals surface area (Å²) < 4.78 is -0.629. The predicted molar refractivity (Wildman–Crippen MR) is 104 cm³/mol. The van der Waals surface area contributed by atoms with Crippen molar-refractivity contribution in [1.29, 1.82) is 0 Å². The Morgan fingerprint density at radius 2 is 1.92 bits per heavy atom. The van der Waals surface area contributed by atoms with Gasteiger partial charge in [0.05, 0.1) is 16.9 Å². The van der Waals surface area contributed by atoms with Gasteiger partial charge in [0.2, 0.25) is 5.91 Å². The topological polar surface area (TPSA) is 49.3 Å². The zero-order chi connectivity index (χ0) is 18.0. The van der Waals surface area contributed by atoms with Crippen molar-refractivity contribution in [3.8, 4) is 0 Å². The summed E-state index contributed by atoms with van der Waals surface area (Å²) in [6.07, 6.45) is -0.000346. The first-order valence-corrected chi connectivity index (χ1v) is 9.69. The van der Waals surface area contributed by atoms with Crippen LogP contribution in [0.15, 0.2) is 48.5 Å². The number of hydrogen-bond acceptors (Lipinski definition) is 3. The number of nitrogens with one attached hydrogen (secondary N) is 1. The number of thioether (sulfide) groups is 1. The zero-order valence-corrected chi connectivity index (χ0v) is 15.9. The quantitative estimate of drug-likeness (QED) is 0.826. The van der Waals surface area contributed by atoms with Gasteiger partial charge in [-0.2, -0.15) is 0 Å². The molecule has 0 heterocycles. The highest BCUT2D eigenvalue weighted by molar-refractivity contribution is 8.00. The summed E-state index contributed by atoms with van der Waals surface area (Å²) in [6.45, 7) is 3.80. The Balaban J connectivity index is 1.67. The lowest BCUT2D eigenvalue weighted by Gasteiger charge is -2.27. The summed E-state index contributed by atoms with van der Waals surface area (Å²) in [5.41, 5.74) is 3.12. The molecule has 0 fully saturated rings. The van der Waals surface area contributed by atoms with E-state index in [9.17, 15) is 9.90 Å². The van der Waals surface area contributed by atoms with Gasteiger partial charge in [0.15, 0.2) is 0 Å². The molecule has 0 spiro atoms. The van der Waals surface area contributed by atoms with Crippen molar-refractivity contribution >= 4 is 29.3 Å². The molecule has 0 bridgehead atoms. The molecule has 0 saturated heterocycles. The minimum absolute atomic E-state index is 0.0784. The number of hydrogen-bond donors (Lipinski definition) is 2. The van der Waals surface area contributed by atoms with Gasteiger partial charge in [-0.05, 0) is 36.6 Å². The largest absolute Gasteiger partial charge is 0.390 e. The highest BCUT2D eigenvalue weighted by Crippen LogP contribution is 2.34. The second-order valence-electron chi connectivity index (χ2n) is 6.81. The van der Waals surface area contributed by atoms with E-state index in [1.807, 2.05) is 62.4 Å². The fourth-order valence-corrected chi connectivity index (χ4v) is 4.24. The Labute approximate surface area is 157 Å². The van der Waals surface area contributed by atoms with E-state index in [0.29, 0.717) is 17.2 Å². The van der Waals surface area contributed by atoms with Crippen molar-refractivity contribution in [3.63, 3.8) is 0 Å². The number of benzene rings is 2. The second kappa shape index (κ2) is 7.40. The van der Waals surface area contributed by atoms with Gasteiger partial charge in [-0.25, -0.2) is 0 Å². The van der Waals surface area contributed by atoms with E-state index < -0.39 is 10.9 Å². The number of aliphatic hydroxyl groups is 1. The minimum Gasteiger partial charge on any atom is -0.390 e. The third kappa shape index (κ3) is 4.02. The van der Waals surface area contributed by atoms with Crippen LogP contribution in [0.3, 0.4) is 0 Å². The van der Waals surface area contributed by atoms with Crippen LogP contribution in [-0.4, -0.2) is 21.9 Å². The van der Waals surface area contributed by atoms with Gasteiger partial charge in [0.1, 0.15) is 0 Å². The van der Waals surface area contributed by atoms with Crippen LogP contribution in [0, 0.1) is 0 Å². The van der Waals surface area contributed by atoms with Crippen LogP contribution in [0.4, 0.5) is 0 Å². The Bertz CT molecular complexity index is 778. The van der Waals surface area contributed by atoms with Gasteiger partial charge >= 0.3 is 0 Å². The molecule has 1 unspecified atom stereocenters. The van der Waals surface area contributed by atoms with Gasteiger partial charge in [0.25, 0.3) is 0 Å². The van der Waals surface area contributed by atoms with Gasteiger partial charge in [-0.3, -0.25) is 4.79 Å². The van der Waals surface area contributed by atoms with E-state index in [-0.39, 0.29) is 11.9 Å². The lowest BCUT2D eigenvalue weighted by Crippen LogP contribution is -2.44. The summed E-state index contributed by atoms with van der Waals surface area (Å²) in [5.74, 6) is 0.578. The summed E-state index contributed by atoms with van der Waals surface area (Å²) in [6, 6.07) is 15.2. The number of carbonyl (C=O) groups is 1. The molecule has 0 aliphatic heterocycles.